The number of hydrogen-bond acceptors (Lipinski definition) is 5. The van der Waals surface area contributed by atoms with E-state index in [2.05, 4.69) is 43.0 Å². The Morgan fingerprint density at radius 3 is 2.34 bits per heavy atom. The number of ether oxygens (including phenoxy) is 1. The van der Waals surface area contributed by atoms with Crippen LogP contribution in [0.4, 0.5) is 0 Å². The molecule has 0 bridgehead atoms. The fourth-order valence-electron chi connectivity index (χ4n) is 5.62. The molecule has 3 saturated heterocycles. The average Bonchev–Trinajstić information content (AvgIpc) is 3.19. The van der Waals surface area contributed by atoms with E-state index in [4.69, 9.17) is 4.74 Å². The van der Waals surface area contributed by atoms with Gasteiger partial charge in [-0.25, -0.2) is 0 Å². The minimum atomic E-state index is -1.45. The lowest BCUT2D eigenvalue weighted by Gasteiger charge is -2.56. The van der Waals surface area contributed by atoms with Gasteiger partial charge in [0.15, 0.2) is 0 Å². The predicted molar refractivity (Wildman–Crippen MR) is 121 cm³/mol. The Bertz CT molecular complexity index is 863. The summed E-state index contributed by atoms with van der Waals surface area (Å²) in [5, 5.41) is 0. The van der Waals surface area contributed by atoms with E-state index in [1.165, 1.54) is 12.5 Å². The van der Waals surface area contributed by atoms with Crippen LogP contribution in [0, 0.1) is 5.92 Å². The molecule has 0 saturated carbocycles. The van der Waals surface area contributed by atoms with Gasteiger partial charge in [0.25, 0.3) is 17.5 Å². The Kier molecular flexibility index (Phi) is 6.30. The number of fused-ring (bicyclic) bond motifs is 1. The van der Waals surface area contributed by atoms with Crippen molar-refractivity contribution < 1.29 is 19.1 Å². The van der Waals surface area contributed by atoms with Crippen molar-refractivity contribution in [2.24, 2.45) is 5.92 Å². The molecule has 1 aromatic rings. The summed E-state index contributed by atoms with van der Waals surface area (Å²) in [7, 11) is 0. The second-order valence-corrected chi connectivity index (χ2v) is 9.86. The molecule has 2 amide bonds. The molecule has 4 rings (SSSR count). The molecule has 1 spiro atoms. The molecule has 32 heavy (non-hydrogen) atoms. The van der Waals surface area contributed by atoms with Crippen LogP contribution in [0.2, 0.25) is 0 Å². The third kappa shape index (κ3) is 3.91. The number of benzene rings is 1. The summed E-state index contributed by atoms with van der Waals surface area (Å²) in [6.45, 7) is 8.86. The van der Waals surface area contributed by atoms with Gasteiger partial charge in [-0.3, -0.25) is 19.3 Å². The van der Waals surface area contributed by atoms with Crippen LogP contribution in [-0.2, 0) is 25.5 Å². The average molecular weight is 442 g/mol. The zero-order chi connectivity index (χ0) is 22.9. The Labute approximate surface area is 190 Å². The maximum atomic E-state index is 13.9. The molecule has 0 unspecified atom stereocenters. The summed E-state index contributed by atoms with van der Waals surface area (Å²) in [5.74, 6) is -0.563. The van der Waals surface area contributed by atoms with Crippen molar-refractivity contribution in [3.8, 4) is 0 Å². The number of amides is 2. The van der Waals surface area contributed by atoms with E-state index in [-0.39, 0.29) is 17.7 Å². The van der Waals surface area contributed by atoms with Crippen molar-refractivity contribution in [3.05, 3.63) is 35.9 Å². The Hall–Kier alpha value is -2.41. The first-order chi connectivity index (χ1) is 15.3. The van der Waals surface area contributed by atoms with Crippen molar-refractivity contribution in [1.82, 2.24) is 14.7 Å². The first kappa shape index (κ1) is 22.8. The van der Waals surface area contributed by atoms with Crippen molar-refractivity contribution in [2.45, 2.75) is 64.1 Å². The first-order valence-electron chi connectivity index (χ1n) is 11.9. The highest BCUT2D eigenvalue weighted by Gasteiger charge is 2.66. The smallest absolute Gasteiger partial charge is 0.305 e. The molecule has 3 aliphatic heterocycles. The van der Waals surface area contributed by atoms with Gasteiger partial charge in [0, 0.05) is 46.1 Å². The van der Waals surface area contributed by atoms with E-state index < -0.39 is 17.2 Å². The van der Waals surface area contributed by atoms with Crippen molar-refractivity contribution in [2.75, 3.05) is 32.7 Å². The second kappa shape index (κ2) is 8.85. The molecule has 0 N–H and O–H groups in total. The third-order valence-corrected chi connectivity index (χ3v) is 7.18. The molecular weight excluding hydrogens is 406 g/mol. The second-order valence-electron chi connectivity index (χ2n) is 9.86. The zero-order valence-corrected chi connectivity index (χ0v) is 19.5. The normalized spacial score (nSPS) is 25.5. The van der Waals surface area contributed by atoms with Crippen molar-refractivity contribution in [1.29, 1.82) is 0 Å². The van der Waals surface area contributed by atoms with Gasteiger partial charge >= 0.3 is 5.97 Å². The monoisotopic (exact) mass is 441 g/mol. The van der Waals surface area contributed by atoms with Crippen LogP contribution in [0.5, 0.6) is 0 Å². The number of carbonyl (C=O) groups excluding carboxylic acids is 3. The maximum absolute atomic E-state index is 13.9. The quantitative estimate of drug-likeness (QED) is 0.635. The van der Waals surface area contributed by atoms with E-state index in [1.807, 2.05) is 6.07 Å². The summed E-state index contributed by atoms with van der Waals surface area (Å²) in [4.78, 5) is 45.4. The van der Waals surface area contributed by atoms with Crippen molar-refractivity contribution in [3.63, 3.8) is 0 Å². The number of nitrogens with zero attached hydrogens (tertiary/aromatic N) is 3. The van der Waals surface area contributed by atoms with Crippen LogP contribution in [0.1, 0.15) is 52.0 Å². The van der Waals surface area contributed by atoms with Gasteiger partial charge in [-0.1, -0.05) is 44.2 Å². The van der Waals surface area contributed by atoms with E-state index in [1.54, 1.807) is 9.80 Å². The molecule has 1 atom stereocenters. The number of piperidine rings is 1. The van der Waals surface area contributed by atoms with E-state index in [0.717, 1.165) is 26.1 Å². The number of rotatable bonds is 6. The Morgan fingerprint density at radius 1 is 1.03 bits per heavy atom. The minimum absolute atomic E-state index is 0.0424. The lowest BCUT2D eigenvalue weighted by molar-refractivity contribution is -0.216. The highest BCUT2D eigenvalue weighted by molar-refractivity contribution is 6.03. The number of likely N-dealkylation sites (tertiary alicyclic amines) is 1. The van der Waals surface area contributed by atoms with E-state index >= 15 is 0 Å². The molecule has 3 heterocycles. The number of esters is 1. The van der Waals surface area contributed by atoms with Crippen LogP contribution in [0.25, 0.3) is 0 Å². The van der Waals surface area contributed by atoms with E-state index in [0.29, 0.717) is 38.8 Å². The maximum Gasteiger partial charge on any atom is 0.305 e. The summed E-state index contributed by atoms with van der Waals surface area (Å²) < 4.78 is 5.60. The van der Waals surface area contributed by atoms with Crippen LogP contribution >= 0.6 is 0 Å². The highest BCUT2D eigenvalue weighted by Crippen LogP contribution is 2.45. The first-order valence-corrected chi connectivity index (χ1v) is 11.9. The molecule has 0 aromatic heterocycles. The Balaban J connectivity index is 1.55. The lowest BCUT2D eigenvalue weighted by atomic mass is 9.79. The van der Waals surface area contributed by atoms with Gasteiger partial charge in [-0.15, -0.1) is 0 Å². The van der Waals surface area contributed by atoms with Gasteiger partial charge in [0.05, 0.1) is 0 Å². The molecule has 3 fully saturated rings. The van der Waals surface area contributed by atoms with Gasteiger partial charge in [-0.05, 0) is 37.2 Å². The van der Waals surface area contributed by atoms with Crippen molar-refractivity contribution >= 4 is 17.8 Å². The minimum Gasteiger partial charge on any atom is -0.429 e. The molecule has 3 aliphatic rings. The summed E-state index contributed by atoms with van der Waals surface area (Å²) in [6.07, 6.45) is 3.25. The molecule has 1 aromatic carbocycles. The zero-order valence-electron chi connectivity index (χ0n) is 19.5. The van der Waals surface area contributed by atoms with Gasteiger partial charge < -0.3 is 14.5 Å². The lowest BCUT2D eigenvalue weighted by Crippen LogP contribution is -2.77. The SMILES string of the molecule is CC(=O)O[C@]12CCCN1C(=O)C1(CCN(CCc3ccccc3)CC1)N(CC(C)C)C2=O. The molecule has 0 aliphatic carbocycles. The van der Waals surface area contributed by atoms with Gasteiger partial charge in [0.2, 0.25) is 0 Å². The largest absolute Gasteiger partial charge is 0.429 e. The summed E-state index contributed by atoms with van der Waals surface area (Å²) in [6, 6.07) is 10.4. The van der Waals surface area contributed by atoms with Crippen LogP contribution in [0.15, 0.2) is 30.3 Å². The van der Waals surface area contributed by atoms with Gasteiger partial charge in [0.1, 0.15) is 5.54 Å². The van der Waals surface area contributed by atoms with Crippen LogP contribution < -0.4 is 0 Å². The number of carbonyl (C=O) groups is 3. The fraction of sp³-hybridized carbons (Fsp3) is 0.640. The molecular formula is C25H35N3O4. The Morgan fingerprint density at radius 2 is 1.72 bits per heavy atom. The topological polar surface area (TPSA) is 70.2 Å². The van der Waals surface area contributed by atoms with Gasteiger partial charge in [-0.2, -0.15) is 0 Å². The standard InChI is InChI=1S/C25H35N3O4/c1-19(2)18-28-23(31)25(32-20(3)29)11-7-14-27(25)22(30)24(28)12-16-26(17-13-24)15-10-21-8-5-4-6-9-21/h4-6,8-9,19H,7,10-18H2,1-3H3/t25-/m0/s1. The molecule has 7 nitrogen and oxygen atoms in total. The summed E-state index contributed by atoms with van der Waals surface area (Å²) in [5.41, 5.74) is -0.979. The van der Waals surface area contributed by atoms with Crippen LogP contribution in [0.3, 0.4) is 0 Å². The fourth-order valence-corrected chi connectivity index (χ4v) is 5.62. The predicted octanol–water partition coefficient (Wildman–Crippen LogP) is 2.44. The highest BCUT2D eigenvalue weighted by atomic mass is 16.6. The molecule has 7 heteroatoms. The van der Waals surface area contributed by atoms with Crippen LogP contribution in [-0.4, -0.2) is 76.5 Å². The number of hydrogen-bond donors (Lipinski definition) is 0. The van der Waals surface area contributed by atoms with E-state index in [9.17, 15) is 14.4 Å². The molecule has 0 radical (unpaired) electrons. The molecule has 174 valence electrons. The third-order valence-electron chi connectivity index (χ3n) is 7.18. The summed E-state index contributed by atoms with van der Waals surface area (Å²) >= 11 is 0. The number of piperazine rings is 1.